The molecule has 1 aliphatic rings. The third-order valence-corrected chi connectivity index (χ3v) is 4.38. The Morgan fingerprint density at radius 3 is 2.74 bits per heavy atom. The minimum atomic E-state index is -0.283. The molecular formula is C13H17BrFN3S. The fourth-order valence-electron chi connectivity index (χ4n) is 2.26. The number of benzene rings is 1. The Morgan fingerprint density at radius 1 is 1.32 bits per heavy atom. The number of thiocarbonyl (C=S) groups is 1. The molecule has 1 aliphatic heterocycles. The van der Waals surface area contributed by atoms with Gasteiger partial charge in [-0.3, -0.25) is 0 Å². The molecule has 2 rings (SSSR count). The van der Waals surface area contributed by atoms with Gasteiger partial charge in [0.25, 0.3) is 0 Å². The molecule has 0 aliphatic carbocycles. The van der Waals surface area contributed by atoms with Gasteiger partial charge in [-0.15, -0.1) is 0 Å². The van der Waals surface area contributed by atoms with Crippen LogP contribution in [0.25, 0.3) is 0 Å². The Labute approximate surface area is 126 Å². The Kier molecular flexibility index (Phi) is 4.76. The number of nitrogens with zero attached hydrogens (tertiary/aromatic N) is 2. The maximum Gasteiger partial charge on any atom is 0.161 e. The molecule has 2 N–H and O–H groups in total. The van der Waals surface area contributed by atoms with Crippen molar-refractivity contribution in [3.8, 4) is 0 Å². The molecule has 0 spiro atoms. The zero-order chi connectivity index (χ0) is 14.0. The lowest BCUT2D eigenvalue weighted by Crippen LogP contribution is -2.29. The number of anilines is 1. The highest BCUT2D eigenvalue weighted by atomic mass is 79.9. The zero-order valence-corrected chi connectivity index (χ0v) is 13.2. The van der Waals surface area contributed by atoms with Crippen molar-refractivity contribution in [2.75, 3.05) is 38.1 Å². The molecule has 0 bridgehead atoms. The first kappa shape index (κ1) is 14.7. The Hall–Kier alpha value is -0.720. The Balaban J connectivity index is 2.30. The summed E-state index contributed by atoms with van der Waals surface area (Å²) >= 11 is 8.16. The number of likely N-dealkylation sites (N-methyl/N-ethyl adjacent to an activating group) is 1. The molecule has 0 unspecified atom stereocenters. The van der Waals surface area contributed by atoms with Crippen molar-refractivity contribution in [1.29, 1.82) is 0 Å². The standard InChI is InChI=1S/C13H17BrFN3S/c1-17-5-2-6-18(8-7-17)10-4-3-9(13(16)19)11(14)12(10)15/h3-4H,2,5-8H2,1H3,(H2,16,19). The van der Waals surface area contributed by atoms with Gasteiger partial charge in [0, 0.05) is 25.2 Å². The SMILES string of the molecule is CN1CCCN(c2ccc(C(N)=S)c(Br)c2F)CC1. The van der Waals surface area contributed by atoms with Crippen LogP contribution in [-0.4, -0.2) is 43.1 Å². The van der Waals surface area contributed by atoms with Crippen molar-refractivity contribution in [1.82, 2.24) is 4.90 Å². The lowest BCUT2D eigenvalue weighted by molar-refractivity contribution is 0.360. The van der Waals surface area contributed by atoms with Crippen molar-refractivity contribution >= 4 is 38.8 Å². The summed E-state index contributed by atoms with van der Waals surface area (Å²) in [6.45, 7) is 3.67. The zero-order valence-electron chi connectivity index (χ0n) is 10.8. The lowest BCUT2D eigenvalue weighted by Gasteiger charge is -2.24. The highest BCUT2D eigenvalue weighted by Crippen LogP contribution is 2.30. The van der Waals surface area contributed by atoms with Gasteiger partial charge in [-0.2, -0.15) is 0 Å². The maximum atomic E-state index is 14.4. The monoisotopic (exact) mass is 345 g/mol. The second kappa shape index (κ2) is 6.15. The van der Waals surface area contributed by atoms with Crippen LogP contribution in [0.5, 0.6) is 0 Å². The summed E-state index contributed by atoms with van der Waals surface area (Å²) in [6.07, 6.45) is 1.03. The summed E-state index contributed by atoms with van der Waals surface area (Å²) in [6, 6.07) is 3.54. The van der Waals surface area contributed by atoms with E-state index in [4.69, 9.17) is 18.0 Å². The highest BCUT2D eigenvalue weighted by molar-refractivity contribution is 9.10. The summed E-state index contributed by atoms with van der Waals surface area (Å²) in [7, 11) is 2.09. The smallest absolute Gasteiger partial charge is 0.161 e. The first-order valence-electron chi connectivity index (χ1n) is 6.22. The summed E-state index contributed by atoms with van der Waals surface area (Å²) in [5, 5.41) is 0. The molecule has 19 heavy (non-hydrogen) atoms. The van der Waals surface area contributed by atoms with E-state index in [0.717, 1.165) is 32.6 Å². The fourth-order valence-corrected chi connectivity index (χ4v) is 3.11. The topological polar surface area (TPSA) is 32.5 Å². The molecule has 0 amide bonds. The second-order valence-electron chi connectivity index (χ2n) is 4.77. The lowest BCUT2D eigenvalue weighted by atomic mass is 10.1. The van der Waals surface area contributed by atoms with Gasteiger partial charge in [0.2, 0.25) is 0 Å². The van der Waals surface area contributed by atoms with Crippen LogP contribution in [0.15, 0.2) is 16.6 Å². The van der Waals surface area contributed by atoms with Crippen LogP contribution in [0.2, 0.25) is 0 Å². The van der Waals surface area contributed by atoms with Crippen LogP contribution in [0, 0.1) is 5.82 Å². The van der Waals surface area contributed by atoms with Crippen molar-refractivity contribution in [3.05, 3.63) is 28.0 Å². The molecule has 1 heterocycles. The van der Waals surface area contributed by atoms with Crippen molar-refractivity contribution in [3.63, 3.8) is 0 Å². The van der Waals surface area contributed by atoms with Gasteiger partial charge in [0.05, 0.1) is 10.2 Å². The average molecular weight is 346 g/mol. The molecule has 0 aromatic heterocycles. The predicted molar refractivity (Wildman–Crippen MR) is 84.3 cm³/mol. The van der Waals surface area contributed by atoms with Crippen molar-refractivity contribution in [2.45, 2.75) is 6.42 Å². The molecule has 1 fully saturated rings. The number of hydrogen-bond donors (Lipinski definition) is 1. The molecule has 0 atom stereocenters. The maximum absolute atomic E-state index is 14.4. The van der Waals surface area contributed by atoms with Crippen LogP contribution in [-0.2, 0) is 0 Å². The Morgan fingerprint density at radius 2 is 2.05 bits per heavy atom. The average Bonchev–Trinajstić information content (AvgIpc) is 2.57. The molecule has 6 heteroatoms. The van der Waals surface area contributed by atoms with Gasteiger partial charge >= 0.3 is 0 Å². The van der Waals surface area contributed by atoms with E-state index in [1.807, 2.05) is 0 Å². The highest BCUT2D eigenvalue weighted by Gasteiger charge is 2.19. The molecule has 1 aromatic rings. The van der Waals surface area contributed by atoms with Gasteiger partial charge in [-0.1, -0.05) is 12.2 Å². The largest absolute Gasteiger partial charge is 0.389 e. The minimum absolute atomic E-state index is 0.202. The first-order valence-corrected chi connectivity index (χ1v) is 7.42. The number of halogens is 2. The molecule has 0 saturated carbocycles. The third-order valence-electron chi connectivity index (χ3n) is 3.39. The Bertz CT molecular complexity index is 495. The number of nitrogens with two attached hydrogens (primary N) is 1. The second-order valence-corrected chi connectivity index (χ2v) is 6.00. The minimum Gasteiger partial charge on any atom is -0.389 e. The summed E-state index contributed by atoms with van der Waals surface area (Å²) < 4.78 is 14.8. The predicted octanol–water partition coefficient (Wildman–Crippen LogP) is 2.36. The van der Waals surface area contributed by atoms with E-state index >= 15 is 0 Å². The van der Waals surface area contributed by atoms with Crippen LogP contribution >= 0.6 is 28.1 Å². The van der Waals surface area contributed by atoms with Crippen LogP contribution in [0.4, 0.5) is 10.1 Å². The summed E-state index contributed by atoms with van der Waals surface area (Å²) in [4.78, 5) is 4.54. The van der Waals surface area contributed by atoms with E-state index in [-0.39, 0.29) is 10.8 Å². The number of hydrogen-bond acceptors (Lipinski definition) is 3. The van der Waals surface area contributed by atoms with Crippen LogP contribution in [0.1, 0.15) is 12.0 Å². The van der Waals surface area contributed by atoms with E-state index in [1.54, 1.807) is 12.1 Å². The summed E-state index contributed by atoms with van der Waals surface area (Å²) in [5.74, 6) is -0.283. The van der Waals surface area contributed by atoms with E-state index in [0.29, 0.717) is 15.7 Å². The molecule has 0 radical (unpaired) electrons. The van der Waals surface area contributed by atoms with Gasteiger partial charge in [0.15, 0.2) is 5.82 Å². The normalized spacial score (nSPS) is 17.3. The summed E-state index contributed by atoms with van der Waals surface area (Å²) in [5.41, 5.74) is 6.73. The van der Waals surface area contributed by atoms with E-state index in [1.165, 1.54) is 0 Å². The van der Waals surface area contributed by atoms with Crippen molar-refractivity contribution in [2.24, 2.45) is 5.73 Å². The fraction of sp³-hybridized carbons (Fsp3) is 0.462. The van der Waals surface area contributed by atoms with E-state index in [2.05, 4.69) is 32.8 Å². The van der Waals surface area contributed by atoms with Gasteiger partial charge in [-0.25, -0.2) is 4.39 Å². The van der Waals surface area contributed by atoms with Crippen LogP contribution in [0.3, 0.4) is 0 Å². The van der Waals surface area contributed by atoms with Gasteiger partial charge < -0.3 is 15.5 Å². The van der Waals surface area contributed by atoms with Gasteiger partial charge in [0.1, 0.15) is 4.99 Å². The van der Waals surface area contributed by atoms with Gasteiger partial charge in [-0.05, 0) is 48.1 Å². The molecule has 1 saturated heterocycles. The molecule has 104 valence electrons. The van der Waals surface area contributed by atoms with Crippen molar-refractivity contribution < 1.29 is 4.39 Å². The van der Waals surface area contributed by atoms with E-state index < -0.39 is 0 Å². The molecule has 3 nitrogen and oxygen atoms in total. The first-order chi connectivity index (χ1) is 9.00. The van der Waals surface area contributed by atoms with Crippen LogP contribution < -0.4 is 10.6 Å². The van der Waals surface area contributed by atoms with E-state index in [9.17, 15) is 4.39 Å². The molecular weight excluding hydrogens is 329 g/mol. The molecule has 1 aromatic carbocycles. The quantitative estimate of drug-likeness (QED) is 0.834. The number of rotatable bonds is 2. The third kappa shape index (κ3) is 3.24.